The second-order valence-corrected chi connectivity index (χ2v) is 3.31. The van der Waals surface area contributed by atoms with E-state index in [0.717, 1.165) is 19.4 Å². The zero-order chi connectivity index (χ0) is 8.27. The van der Waals surface area contributed by atoms with Gasteiger partial charge >= 0.3 is 0 Å². The molecule has 0 aromatic carbocycles. The maximum absolute atomic E-state index is 11.2. The van der Waals surface area contributed by atoms with Crippen LogP contribution < -0.4 is 10.6 Å². The summed E-state index contributed by atoms with van der Waals surface area (Å²) in [7, 11) is 0. The molecule has 0 aromatic rings. The van der Waals surface area contributed by atoms with Crippen molar-refractivity contribution in [1.29, 1.82) is 0 Å². The van der Waals surface area contributed by atoms with Gasteiger partial charge < -0.3 is 10.6 Å². The molecule has 3 nitrogen and oxygen atoms in total. The van der Waals surface area contributed by atoms with E-state index in [9.17, 15) is 4.79 Å². The van der Waals surface area contributed by atoms with E-state index in [-0.39, 0.29) is 11.9 Å². The first-order chi connectivity index (χ1) is 5.20. The van der Waals surface area contributed by atoms with Crippen LogP contribution in [0.15, 0.2) is 0 Å². The summed E-state index contributed by atoms with van der Waals surface area (Å²) in [5.74, 6) is 0.157. The van der Waals surface area contributed by atoms with Crippen molar-refractivity contribution < 1.29 is 4.79 Å². The van der Waals surface area contributed by atoms with Crippen LogP contribution in [0.3, 0.4) is 0 Å². The van der Waals surface area contributed by atoms with Gasteiger partial charge in [0.15, 0.2) is 0 Å². The molecule has 1 aliphatic rings. The SMILES string of the molecule is CC(C)N[C@H]1CCCNC1=O. The molecule has 0 spiro atoms. The summed E-state index contributed by atoms with van der Waals surface area (Å²) in [6.07, 6.45) is 2.07. The molecule has 1 rings (SSSR count). The lowest BCUT2D eigenvalue weighted by Gasteiger charge is -2.24. The minimum Gasteiger partial charge on any atom is -0.355 e. The van der Waals surface area contributed by atoms with Crippen molar-refractivity contribution in [1.82, 2.24) is 10.6 Å². The predicted molar refractivity (Wildman–Crippen MR) is 44.3 cm³/mol. The Balaban J connectivity index is 2.36. The lowest BCUT2D eigenvalue weighted by molar-refractivity contribution is -0.124. The van der Waals surface area contributed by atoms with Gasteiger partial charge in [-0.05, 0) is 12.8 Å². The van der Waals surface area contributed by atoms with E-state index < -0.39 is 0 Å². The molecule has 1 aliphatic heterocycles. The molecule has 11 heavy (non-hydrogen) atoms. The van der Waals surface area contributed by atoms with Crippen LogP contribution in [-0.4, -0.2) is 24.5 Å². The van der Waals surface area contributed by atoms with E-state index in [1.54, 1.807) is 0 Å². The molecule has 1 fully saturated rings. The van der Waals surface area contributed by atoms with E-state index in [4.69, 9.17) is 0 Å². The molecule has 0 aliphatic carbocycles. The molecule has 1 heterocycles. The fourth-order valence-electron chi connectivity index (χ4n) is 1.33. The number of amides is 1. The predicted octanol–water partition coefficient (Wildman–Crippen LogP) is 0.263. The minimum absolute atomic E-state index is 0.0451. The zero-order valence-electron chi connectivity index (χ0n) is 7.18. The van der Waals surface area contributed by atoms with Gasteiger partial charge in [-0.25, -0.2) is 0 Å². The lowest BCUT2D eigenvalue weighted by atomic mass is 10.1. The highest BCUT2D eigenvalue weighted by molar-refractivity contribution is 5.82. The highest BCUT2D eigenvalue weighted by Crippen LogP contribution is 2.03. The first-order valence-electron chi connectivity index (χ1n) is 4.24. The summed E-state index contributed by atoms with van der Waals surface area (Å²) in [4.78, 5) is 11.2. The molecule has 0 unspecified atom stereocenters. The van der Waals surface area contributed by atoms with Gasteiger partial charge in [-0.1, -0.05) is 13.8 Å². The first-order valence-corrected chi connectivity index (χ1v) is 4.24. The summed E-state index contributed by atoms with van der Waals surface area (Å²) in [6, 6.07) is 0.438. The van der Waals surface area contributed by atoms with Crippen molar-refractivity contribution in [2.75, 3.05) is 6.54 Å². The van der Waals surface area contributed by atoms with Crippen molar-refractivity contribution in [3.05, 3.63) is 0 Å². The van der Waals surface area contributed by atoms with Gasteiger partial charge in [-0.3, -0.25) is 4.79 Å². The third-order valence-electron chi connectivity index (χ3n) is 1.82. The molecule has 1 atom stereocenters. The highest BCUT2D eigenvalue weighted by atomic mass is 16.2. The Labute approximate surface area is 67.5 Å². The maximum atomic E-state index is 11.2. The van der Waals surface area contributed by atoms with Crippen molar-refractivity contribution >= 4 is 5.91 Å². The van der Waals surface area contributed by atoms with Gasteiger partial charge in [0.25, 0.3) is 0 Å². The summed E-state index contributed by atoms with van der Waals surface area (Å²) < 4.78 is 0. The number of hydrogen-bond acceptors (Lipinski definition) is 2. The molecular weight excluding hydrogens is 140 g/mol. The van der Waals surface area contributed by atoms with Crippen LogP contribution in [0, 0.1) is 0 Å². The van der Waals surface area contributed by atoms with Gasteiger partial charge in [0, 0.05) is 12.6 Å². The van der Waals surface area contributed by atoms with Crippen molar-refractivity contribution in [3.63, 3.8) is 0 Å². The number of hydrogen-bond donors (Lipinski definition) is 2. The van der Waals surface area contributed by atoms with Gasteiger partial charge in [0.2, 0.25) is 5.91 Å². The number of carbonyl (C=O) groups is 1. The molecular formula is C8H16N2O. The van der Waals surface area contributed by atoms with Gasteiger partial charge in [0.05, 0.1) is 6.04 Å². The summed E-state index contributed by atoms with van der Waals surface area (Å²) in [5.41, 5.74) is 0. The third kappa shape index (κ3) is 2.50. The molecule has 1 amide bonds. The van der Waals surface area contributed by atoms with E-state index in [0.29, 0.717) is 6.04 Å². The zero-order valence-corrected chi connectivity index (χ0v) is 7.18. The second-order valence-electron chi connectivity index (χ2n) is 3.31. The molecule has 0 radical (unpaired) electrons. The van der Waals surface area contributed by atoms with Crippen LogP contribution in [0.25, 0.3) is 0 Å². The second kappa shape index (κ2) is 3.72. The van der Waals surface area contributed by atoms with Crippen molar-refractivity contribution in [2.24, 2.45) is 0 Å². The molecule has 0 aromatic heterocycles. The normalized spacial score (nSPS) is 25.4. The van der Waals surface area contributed by atoms with Crippen molar-refractivity contribution in [2.45, 2.75) is 38.8 Å². The van der Waals surface area contributed by atoms with Crippen LogP contribution in [0.2, 0.25) is 0 Å². The van der Waals surface area contributed by atoms with Crippen LogP contribution in [0.5, 0.6) is 0 Å². The van der Waals surface area contributed by atoms with Crippen molar-refractivity contribution in [3.8, 4) is 0 Å². The van der Waals surface area contributed by atoms with Crippen LogP contribution in [-0.2, 0) is 4.79 Å². The van der Waals surface area contributed by atoms with Crippen LogP contribution in [0.1, 0.15) is 26.7 Å². The quantitative estimate of drug-likeness (QED) is 0.602. The molecule has 0 saturated carbocycles. The van der Waals surface area contributed by atoms with E-state index in [1.165, 1.54) is 0 Å². The number of carbonyl (C=O) groups excluding carboxylic acids is 1. The summed E-state index contributed by atoms with van der Waals surface area (Å²) in [5, 5.41) is 6.06. The average molecular weight is 156 g/mol. The Bertz CT molecular complexity index is 145. The smallest absolute Gasteiger partial charge is 0.237 e. The highest BCUT2D eigenvalue weighted by Gasteiger charge is 2.21. The lowest BCUT2D eigenvalue weighted by Crippen LogP contribution is -2.50. The molecule has 1 saturated heterocycles. The Kier molecular flexibility index (Phi) is 2.88. The fraction of sp³-hybridized carbons (Fsp3) is 0.875. The van der Waals surface area contributed by atoms with Crippen LogP contribution >= 0.6 is 0 Å². The monoisotopic (exact) mass is 156 g/mol. The Hall–Kier alpha value is -0.570. The molecule has 0 bridgehead atoms. The standard InChI is InChI=1S/C8H16N2O/c1-6(2)10-7-4-3-5-9-8(7)11/h6-7,10H,3-5H2,1-2H3,(H,9,11)/t7-/m0/s1. The van der Waals surface area contributed by atoms with Gasteiger partial charge in [0.1, 0.15) is 0 Å². The molecule has 3 heteroatoms. The topological polar surface area (TPSA) is 41.1 Å². The van der Waals surface area contributed by atoms with Gasteiger partial charge in [-0.2, -0.15) is 0 Å². The van der Waals surface area contributed by atoms with E-state index in [1.807, 2.05) is 0 Å². The fourth-order valence-corrected chi connectivity index (χ4v) is 1.33. The number of piperidine rings is 1. The minimum atomic E-state index is 0.0451. The Morgan fingerprint density at radius 2 is 2.36 bits per heavy atom. The van der Waals surface area contributed by atoms with Gasteiger partial charge in [-0.15, -0.1) is 0 Å². The number of nitrogens with one attached hydrogen (secondary N) is 2. The first kappa shape index (κ1) is 8.53. The van der Waals surface area contributed by atoms with Crippen LogP contribution in [0.4, 0.5) is 0 Å². The summed E-state index contributed by atoms with van der Waals surface area (Å²) in [6.45, 7) is 4.96. The maximum Gasteiger partial charge on any atom is 0.237 e. The number of rotatable bonds is 2. The summed E-state index contributed by atoms with van der Waals surface area (Å²) >= 11 is 0. The van der Waals surface area contributed by atoms with E-state index in [2.05, 4.69) is 24.5 Å². The average Bonchev–Trinajstić information content (AvgIpc) is 1.93. The Morgan fingerprint density at radius 1 is 1.64 bits per heavy atom. The molecule has 2 N–H and O–H groups in total. The molecule has 64 valence electrons. The van der Waals surface area contributed by atoms with E-state index >= 15 is 0 Å². The Morgan fingerprint density at radius 3 is 2.91 bits per heavy atom. The largest absolute Gasteiger partial charge is 0.355 e. The third-order valence-corrected chi connectivity index (χ3v) is 1.82.